The quantitative estimate of drug-likeness (QED) is 0.860. The van der Waals surface area contributed by atoms with Crippen LogP contribution in [0.2, 0.25) is 0 Å². The number of benzene rings is 2. The van der Waals surface area contributed by atoms with Crippen LogP contribution in [-0.2, 0) is 9.59 Å². The smallest absolute Gasteiger partial charge is 0.222 e. The van der Waals surface area contributed by atoms with E-state index in [0.29, 0.717) is 6.54 Å². The molecule has 0 bridgehead atoms. The Morgan fingerprint density at radius 2 is 1.41 bits per heavy atom. The molecule has 2 rings (SSSR count). The van der Waals surface area contributed by atoms with Crippen LogP contribution in [0.4, 0.5) is 0 Å². The lowest BCUT2D eigenvalue weighted by Crippen LogP contribution is -2.32. The number of carbonyl (C=O) groups excluding carboxylic acids is 2. The van der Waals surface area contributed by atoms with Gasteiger partial charge in [-0.3, -0.25) is 9.59 Å². The van der Waals surface area contributed by atoms with Crippen molar-refractivity contribution in [2.75, 3.05) is 6.54 Å². The van der Waals surface area contributed by atoms with Gasteiger partial charge < -0.3 is 10.6 Å². The van der Waals surface area contributed by atoms with Crippen LogP contribution in [0, 0.1) is 0 Å². The van der Waals surface area contributed by atoms with Gasteiger partial charge >= 0.3 is 0 Å². The Hall–Kier alpha value is -2.62. The Morgan fingerprint density at radius 1 is 0.909 bits per heavy atom. The topological polar surface area (TPSA) is 58.2 Å². The van der Waals surface area contributed by atoms with Crippen LogP contribution >= 0.6 is 0 Å². The first-order valence-electron chi connectivity index (χ1n) is 7.30. The molecule has 0 radical (unpaired) electrons. The molecule has 0 saturated carbocycles. The summed E-state index contributed by atoms with van der Waals surface area (Å²) in [5.74, 6) is -0.220. The molecule has 0 saturated heterocycles. The fourth-order valence-electron chi connectivity index (χ4n) is 2.24. The van der Waals surface area contributed by atoms with Crippen molar-refractivity contribution >= 4 is 11.8 Å². The molecule has 114 valence electrons. The minimum Gasteiger partial charge on any atom is -0.356 e. The third-order valence-corrected chi connectivity index (χ3v) is 3.30. The van der Waals surface area contributed by atoms with Crippen molar-refractivity contribution in [1.82, 2.24) is 10.6 Å². The highest BCUT2D eigenvalue weighted by molar-refractivity contribution is 5.78. The predicted octanol–water partition coefficient (Wildman–Crippen LogP) is 2.42. The van der Waals surface area contributed by atoms with E-state index in [1.54, 1.807) is 0 Å². The van der Waals surface area contributed by atoms with E-state index >= 15 is 0 Å². The lowest BCUT2D eigenvalue weighted by molar-refractivity contribution is -0.122. The molecule has 2 N–H and O–H groups in total. The van der Waals surface area contributed by atoms with Gasteiger partial charge in [-0.15, -0.1) is 0 Å². The number of hydrogen-bond acceptors (Lipinski definition) is 2. The van der Waals surface area contributed by atoms with Crippen molar-refractivity contribution < 1.29 is 9.59 Å². The van der Waals surface area contributed by atoms with Crippen molar-refractivity contribution in [1.29, 1.82) is 0 Å². The van der Waals surface area contributed by atoms with Gasteiger partial charge in [0.2, 0.25) is 11.8 Å². The minimum absolute atomic E-state index is 0.0912. The molecular weight excluding hydrogens is 276 g/mol. The number of nitrogens with one attached hydrogen (secondary N) is 2. The van der Waals surface area contributed by atoms with Crippen molar-refractivity contribution in [3.63, 3.8) is 0 Å². The maximum Gasteiger partial charge on any atom is 0.222 e. The highest BCUT2D eigenvalue weighted by Crippen LogP contribution is 2.21. The second kappa shape index (κ2) is 7.98. The summed E-state index contributed by atoms with van der Waals surface area (Å²) in [6, 6.07) is 19.5. The Morgan fingerprint density at radius 3 is 1.86 bits per heavy atom. The fraction of sp³-hybridized carbons (Fsp3) is 0.222. The largest absolute Gasteiger partial charge is 0.356 e. The Kier molecular flexibility index (Phi) is 5.72. The minimum atomic E-state index is -0.188. The zero-order chi connectivity index (χ0) is 15.8. The molecule has 4 nitrogen and oxygen atoms in total. The second-order valence-corrected chi connectivity index (χ2v) is 5.05. The van der Waals surface area contributed by atoms with Gasteiger partial charge in [0.05, 0.1) is 6.04 Å². The monoisotopic (exact) mass is 296 g/mol. The van der Waals surface area contributed by atoms with E-state index in [-0.39, 0.29) is 24.3 Å². The Labute approximate surface area is 130 Å². The van der Waals surface area contributed by atoms with Gasteiger partial charge in [-0.05, 0) is 11.1 Å². The Balaban J connectivity index is 2.09. The average molecular weight is 296 g/mol. The first kappa shape index (κ1) is 15.8. The first-order chi connectivity index (χ1) is 10.7. The van der Waals surface area contributed by atoms with E-state index in [1.807, 2.05) is 60.7 Å². The van der Waals surface area contributed by atoms with Crippen LogP contribution < -0.4 is 10.6 Å². The summed E-state index contributed by atoms with van der Waals surface area (Å²) in [5.41, 5.74) is 2.06. The molecule has 0 atom stereocenters. The van der Waals surface area contributed by atoms with Crippen molar-refractivity contribution in [3.05, 3.63) is 71.8 Å². The molecule has 2 aromatic rings. The third-order valence-electron chi connectivity index (χ3n) is 3.30. The highest BCUT2D eigenvalue weighted by Gasteiger charge is 2.16. The van der Waals surface area contributed by atoms with Gasteiger partial charge in [-0.2, -0.15) is 0 Å². The molecule has 0 spiro atoms. The van der Waals surface area contributed by atoms with Gasteiger partial charge in [-0.1, -0.05) is 60.7 Å². The van der Waals surface area contributed by atoms with Crippen LogP contribution in [0.15, 0.2) is 60.7 Å². The molecule has 0 aromatic heterocycles. The van der Waals surface area contributed by atoms with E-state index in [2.05, 4.69) is 10.6 Å². The molecular formula is C18H20N2O2. The molecule has 0 aliphatic carbocycles. The summed E-state index contributed by atoms with van der Waals surface area (Å²) >= 11 is 0. The van der Waals surface area contributed by atoms with E-state index in [9.17, 15) is 9.59 Å². The van der Waals surface area contributed by atoms with E-state index in [4.69, 9.17) is 0 Å². The fourth-order valence-corrected chi connectivity index (χ4v) is 2.24. The number of hydrogen-bond donors (Lipinski definition) is 2. The standard InChI is InChI=1S/C18H20N2O2/c1-14(21)19-13-12-17(22)20-18(15-8-4-2-5-9-15)16-10-6-3-7-11-16/h2-11,18H,12-13H2,1H3,(H,19,21)(H,20,22). The molecule has 2 aromatic carbocycles. The molecule has 0 fully saturated rings. The van der Waals surface area contributed by atoms with Crippen LogP contribution in [0.3, 0.4) is 0 Å². The van der Waals surface area contributed by atoms with E-state index in [0.717, 1.165) is 11.1 Å². The van der Waals surface area contributed by atoms with Gasteiger partial charge in [0.1, 0.15) is 0 Å². The SMILES string of the molecule is CC(=O)NCCC(=O)NC(c1ccccc1)c1ccccc1. The van der Waals surface area contributed by atoms with Crippen molar-refractivity contribution in [2.24, 2.45) is 0 Å². The number of carbonyl (C=O) groups is 2. The van der Waals surface area contributed by atoms with Crippen LogP contribution in [0.1, 0.15) is 30.5 Å². The van der Waals surface area contributed by atoms with E-state index in [1.165, 1.54) is 6.92 Å². The van der Waals surface area contributed by atoms with E-state index < -0.39 is 0 Å². The zero-order valence-corrected chi connectivity index (χ0v) is 12.6. The van der Waals surface area contributed by atoms with Gasteiger partial charge in [-0.25, -0.2) is 0 Å². The number of amides is 2. The summed E-state index contributed by atoms with van der Waals surface area (Å²) in [4.78, 5) is 23.0. The van der Waals surface area contributed by atoms with Crippen LogP contribution in [0.5, 0.6) is 0 Å². The molecule has 0 unspecified atom stereocenters. The first-order valence-corrected chi connectivity index (χ1v) is 7.30. The maximum atomic E-state index is 12.1. The maximum absolute atomic E-state index is 12.1. The molecule has 0 heterocycles. The van der Waals surface area contributed by atoms with Gasteiger partial charge in [0, 0.05) is 19.9 Å². The second-order valence-electron chi connectivity index (χ2n) is 5.05. The van der Waals surface area contributed by atoms with Crippen molar-refractivity contribution in [2.45, 2.75) is 19.4 Å². The Bertz CT molecular complexity index is 572. The predicted molar refractivity (Wildman–Crippen MR) is 86.2 cm³/mol. The average Bonchev–Trinajstić information content (AvgIpc) is 2.54. The van der Waals surface area contributed by atoms with Gasteiger partial charge in [0.25, 0.3) is 0 Å². The summed E-state index contributed by atoms with van der Waals surface area (Å²) in [6.07, 6.45) is 0.260. The molecule has 22 heavy (non-hydrogen) atoms. The molecule has 2 amide bonds. The lowest BCUT2D eigenvalue weighted by Gasteiger charge is -2.20. The number of rotatable bonds is 6. The summed E-state index contributed by atoms with van der Waals surface area (Å²) in [5, 5.41) is 5.66. The van der Waals surface area contributed by atoms with Gasteiger partial charge in [0.15, 0.2) is 0 Å². The lowest BCUT2D eigenvalue weighted by atomic mass is 9.98. The van der Waals surface area contributed by atoms with Crippen LogP contribution in [-0.4, -0.2) is 18.4 Å². The molecule has 0 aliphatic rings. The summed E-state index contributed by atoms with van der Waals surface area (Å²) in [7, 11) is 0. The zero-order valence-electron chi connectivity index (χ0n) is 12.6. The normalized spacial score (nSPS) is 10.3. The molecule has 4 heteroatoms. The molecule has 0 aliphatic heterocycles. The third kappa shape index (κ3) is 4.74. The van der Waals surface area contributed by atoms with Crippen molar-refractivity contribution in [3.8, 4) is 0 Å². The summed E-state index contributed by atoms with van der Waals surface area (Å²) < 4.78 is 0. The highest BCUT2D eigenvalue weighted by atomic mass is 16.2. The summed E-state index contributed by atoms with van der Waals surface area (Å²) in [6.45, 7) is 1.78. The van der Waals surface area contributed by atoms with Crippen LogP contribution in [0.25, 0.3) is 0 Å².